The fourth-order valence-corrected chi connectivity index (χ4v) is 3.82. The van der Waals surface area contributed by atoms with E-state index in [1.165, 1.54) is 50.3 Å². The van der Waals surface area contributed by atoms with E-state index in [4.69, 9.17) is 4.74 Å². The molecule has 29 heavy (non-hydrogen) atoms. The number of nitrogens with one attached hydrogen (secondary N) is 1. The Kier molecular flexibility index (Phi) is 9.73. The van der Waals surface area contributed by atoms with Gasteiger partial charge in [-0.25, -0.2) is 0 Å². The van der Waals surface area contributed by atoms with Crippen molar-refractivity contribution in [2.24, 2.45) is 0 Å². The first-order chi connectivity index (χ1) is 13.3. The van der Waals surface area contributed by atoms with Crippen molar-refractivity contribution in [3.63, 3.8) is 0 Å². The zero-order chi connectivity index (χ0) is 18.5. The molecule has 1 saturated carbocycles. The van der Waals surface area contributed by atoms with Gasteiger partial charge >= 0.3 is 0 Å². The van der Waals surface area contributed by atoms with E-state index >= 15 is 0 Å². The molecule has 4 nitrogen and oxygen atoms in total. The molecule has 160 valence electrons. The van der Waals surface area contributed by atoms with Crippen molar-refractivity contribution in [1.82, 2.24) is 15.1 Å². The zero-order valence-electron chi connectivity index (χ0n) is 17.1. The molecule has 6 heteroatoms. The summed E-state index contributed by atoms with van der Waals surface area (Å²) in [5, 5.41) is 3.74. The molecule has 1 N–H and O–H groups in total. The lowest BCUT2D eigenvalue weighted by atomic mass is 10.1. The lowest BCUT2D eigenvalue weighted by Crippen LogP contribution is -2.46. The Morgan fingerprint density at radius 3 is 2.31 bits per heavy atom. The Hall–Kier alpha value is -1.30. The van der Waals surface area contributed by atoms with Crippen LogP contribution in [0.3, 0.4) is 0 Å². The number of ether oxygens (including phenoxy) is 1. The van der Waals surface area contributed by atoms with Gasteiger partial charge in [0.25, 0.3) is 0 Å². The maximum atomic E-state index is 5.89. The first-order valence-electron chi connectivity index (χ1n) is 10.2. The van der Waals surface area contributed by atoms with Gasteiger partial charge < -0.3 is 15.0 Å². The number of hydrogen-bond acceptors (Lipinski definition) is 4. The smallest absolute Gasteiger partial charge is 0.119 e. The van der Waals surface area contributed by atoms with Crippen molar-refractivity contribution < 1.29 is 4.74 Å². The Balaban J connectivity index is 0.00000150. The highest BCUT2D eigenvalue weighted by Crippen LogP contribution is 2.41. The Labute approximate surface area is 187 Å². The fraction of sp³-hybridized carbons (Fsp3) is 0.478. The summed E-state index contributed by atoms with van der Waals surface area (Å²) in [6, 6.07) is 19.6. The van der Waals surface area contributed by atoms with E-state index < -0.39 is 0 Å². The van der Waals surface area contributed by atoms with Gasteiger partial charge in [-0.3, -0.25) is 4.90 Å². The molecule has 4 rings (SSSR count). The molecule has 0 spiro atoms. The van der Waals surface area contributed by atoms with Crippen LogP contribution in [0.5, 0.6) is 5.75 Å². The van der Waals surface area contributed by atoms with Gasteiger partial charge in [-0.05, 0) is 36.7 Å². The molecule has 2 aromatic rings. The molecule has 1 aliphatic heterocycles. The van der Waals surface area contributed by atoms with Crippen LogP contribution in [0.1, 0.15) is 23.5 Å². The van der Waals surface area contributed by atoms with Crippen LogP contribution in [0, 0.1) is 0 Å². The highest BCUT2D eigenvalue weighted by atomic mass is 35.5. The average molecular weight is 438 g/mol. The van der Waals surface area contributed by atoms with Gasteiger partial charge in [-0.1, -0.05) is 42.5 Å². The van der Waals surface area contributed by atoms with Crippen LogP contribution in [0.15, 0.2) is 54.6 Å². The van der Waals surface area contributed by atoms with Crippen LogP contribution in [-0.2, 0) is 6.61 Å². The Bertz CT molecular complexity index is 706. The molecule has 2 fully saturated rings. The SMILES string of the molecule is CN1CCN(CCNC2CC2c2ccc(OCc3ccccc3)cc2)CC1.Cl.Cl. The zero-order valence-corrected chi connectivity index (χ0v) is 18.8. The van der Waals surface area contributed by atoms with Gasteiger partial charge in [0.2, 0.25) is 0 Å². The largest absolute Gasteiger partial charge is 0.489 e. The van der Waals surface area contributed by atoms with Gasteiger partial charge in [0.15, 0.2) is 0 Å². The third-order valence-electron chi connectivity index (χ3n) is 5.78. The van der Waals surface area contributed by atoms with E-state index in [0.717, 1.165) is 12.3 Å². The molecule has 0 bridgehead atoms. The lowest BCUT2D eigenvalue weighted by Gasteiger charge is -2.32. The summed E-state index contributed by atoms with van der Waals surface area (Å²) in [6.45, 7) is 7.70. The van der Waals surface area contributed by atoms with E-state index in [0.29, 0.717) is 18.6 Å². The standard InChI is InChI=1S/C23H31N3O.2ClH/c1-25-13-15-26(16-14-25)12-11-24-23-17-22(23)20-7-9-21(10-8-20)27-18-19-5-3-2-4-6-19;;/h2-10,22-24H,11-18H2,1H3;2*1H. The predicted molar refractivity (Wildman–Crippen MR) is 125 cm³/mol. The molecule has 1 heterocycles. The van der Waals surface area contributed by atoms with E-state index in [1.807, 2.05) is 18.2 Å². The first-order valence-corrected chi connectivity index (χ1v) is 10.2. The van der Waals surface area contributed by atoms with Crippen LogP contribution in [0.2, 0.25) is 0 Å². The number of benzene rings is 2. The Morgan fingerprint density at radius 1 is 0.931 bits per heavy atom. The third-order valence-corrected chi connectivity index (χ3v) is 5.78. The monoisotopic (exact) mass is 437 g/mol. The van der Waals surface area contributed by atoms with Crippen molar-refractivity contribution in [3.05, 3.63) is 65.7 Å². The summed E-state index contributed by atoms with van der Waals surface area (Å²) in [5.74, 6) is 1.61. The fourth-order valence-electron chi connectivity index (χ4n) is 3.82. The van der Waals surface area contributed by atoms with Crippen LogP contribution in [-0.4, -0.2) is 62.2 Å². The van der Waals surface area contributed by atoms with Crippen LogP contribution in [0.25, 0.3) is 0 Å². The van der Waals surface area contributed by atoms with E-state index in [2.05, 4.69) is 58.6 Å². The van der Waals surface area contributed by atoms with E-state index in [-0.39, 0.29) is 24.8 Å². The van der Waals surface area contributed by atoms with Crippen molar-refractivity contribution in [3.8, 4) is 5.75 Å². The number of hydrogen-bond donors (Lipinski definition) is 1. The Morgan fingerprint density at radius 2 is 1.62 bits per heavy atom. The topological polar surface area (TPSA) is 27.7 Å². The number of rotatable bonds is 8. The summed E-state index contributed by atoms with van der Waals surface area (Å²) < 4.78 is 5.89. The van der Waals surface area contributed by atoms with Gasteiger partial charge in [-0.2, -0.15) is 0 Å². The van der Waals surface area contributed by atoms with Crippen LogP contribution >= 0.6 is 24.8 Å². The third kappa shape index (κ3) is 7.16. The normalized spacial score (nSPS) is 21.7. The van der Waals surface area contributed by atoms with E-state index in [9.17, 15) is 0 Å². The second-order valence-corrected chi connectivity index (χ2v) is 7.89. The molecule has 0 aromatic heterocycles. The molecule has 2 unspecified atom stereocenters. The highest BCUT2D eigenvalue weighted by Gasteiger charge is 2.37. The number of likely N-dealkylation sites (N-methyl/N-ethyl adjacent to an activating group) is 1. The lowest BCUT2D eigenvalue weighted by molar-refractivity contribution is 0.154. The van der Waals surface area contributed by atoms with Gasteiger partial charge in [0.1, 0.15) is 12.4 Å². The number of halogens is 2. The summed E-state index contributed by atoms with van der Waals surface area (Å²) in [6.07, 6.45) is 1.26. The van der Waals surface area contributed by atoms with Gasteiger partial charge in [-0.15, -0.1) is 24.8 Å². The molecule has 0 radical (unpaired) electrons. The molecule has 2 aromatic carbocycles. The van der Waals surface area contributed by atoms with Gasteiger partial charge in [0.05, 0.1) is 0 Å². The molecular formula is C23H33Cl2N3O. The van der Waals surface area contributed by atoms with Crippen molar-refractivity contribution in [2.75, 3.05) is 46.3 Å². The molecule has 1 aliphatic carbocycles. The van der Waals surface area contributed by atoms with E-state index in [1.54, 1.807) is 0 Å². The predicted octanol–water partition coefficient (Wildman–Crippen LogP) is 3.80. The summed E-state index contributed by atoms with van der Waals surface area (Å²) >= 11 is 0. The molecular weight excluding hydrogens is 405 g/mol. The molecule has 2 aliphatic rings. The minimum atomic E-state index is 0. The quantitative estimate of drug-likeness (QED) is 0.679. The maximum absolute atomic E-state index is 5.89. The van der Waals surface area contributed by atoms with Crippen molar-refractivity contribution in [1.29, 1.82) is 0 Å². The summed E-state index contributed by atoms with van der Waals surface area (Å²) in [7, 11) is 2.21. The highest BCUT2D eigenvalue weighted by molar-refractivity contribution is 5.85. The molecule has 2 atom stereocenters. The average Bonchev–Trinajstić information content (AvgIpc) is 3.49. The first kappa shape index (κ1) is 24.0. The second-order valence-electron chi connectivity index (χ2n) is 7.89. The van der Waals surface area contributed by atoms with Crippen molar-refractivity contribution in [2.45, 2.75) is 25.0 Å². The maximum Gasteiger partial charge on any atom is 0.119 e. The summed E-state index contributed by atoms with van der Waals surface area (Å²) in [5.41, 5.74) is 2.63. The van der Waals surface area contributed by atoms with Crippen LogP contribution < -0.4 is 10.1 Å². The number of nitrogens with zero attached hydrogens (tertiary/aromatic N) is 2. The molecule has 1 saturated heterocycles. The minimum absolute atomic E-state index is 0. The number of piperazine rings is 1. The minimum Gasteiger partial charge on any atom is -0.489 e. The van der Waals surface area contributed by atoms with Crippen molar-refractivity contribution >= 4 is 24.8 Å². The van der Waals surface area contributed by atoms with Gasteiger partial charge in [0, 0.05) is 51.2 Å². The van der Waals surface area contributed by atoms with Crippen LogP contribution in [0.4, 0.5) is 0 Å². The second kappa shape index (κ2) is 11.8. The summed E-state index contributed by atoms with van der Waals surface area (Å²) in [4.78, 5) is 4.98. The molecule has 0 amide bonds.